The van der Waals surface area contributed by atoms with E-state index in [4.69, 9.17) is 4.74 Å². The van der Waals surface area contributed by atoms with E-state index in [1.165, 1.54) is 6.07 Å². The predicted molar refractivity (Wildman–Crippen MR) is 90.9 cm³/mol. The molecule has 1 unspecified atom stereocenters. The molecule has 7 nitrogen and oxygen atoms in total. The van der Waals surface area contributed by atoms with E-state index in [1.54, 1.807) is 19.1 Å². The van der Waals surface area contributed by atoms with Gasteiger partial charge in [0, 0.05) is 42.0 Å². The highest BCUT2D eigenvalue weighted by Gasteiger charge is 2.16. The van der Waals surface area contributed by atoms with E-state index >= 15 is 0 Å². The molecule has 7 heteroatoms. The molecule has 1 saturated heterocycles. The molecule has 0 radical (unpaired) electrons. The number of amides is 1. The van der Waals surface area contributed by atoms with Crippen LogP contribution in [0.25, 0.3) is 11.4 Å². The first-order chi connectivity index (χ1) is 11.6. The van der Waals surface area contributed by atoms with E-state index < -0.39 is 0 Å². The average molecular weight is 328 g/mol. The second-order valence-corrected chi connectivity index (χ2v) is 5.79. The van der Waals surface area contributed by atoms with Gasteiger partial charge in [0.15, 0.2) is 0 Å². The van der Waals surface area contributed by atoms with Crippen LogP contribution in [0, 0.1) is 6.92 Å². The van der Waals surface area contributed by atoms with Crippen LogP contribution >= 0.6 is 0 Å². The molecule has 0 spiro atoms. The number of ether oxygens (including phenoxy) is 1. The fraction of sp³-hybridized carbons (Fsp3) is 0.353. The fourth-order valence-electron chi connectivity index (χ4n) is 2.61. The van der Waals surface area contributed by atoms with Crippen molar-refractivity contribution in [3.63, 3.8) is 0 Å². The van der Waals surface area contributed by atoms with Crippen molar-refractivity contribution in [2.24, 2.45) is 0 Å². The summed E-state index contributed by atoms with van der Waals surface area (Å²) in [5.41, 5.74) is 1.97. The molecule has 2 heterocycles. The van der Waals surface area contributed by atoms with E-state index in [2.05, 4.69) is 20.6 Å². The van der Waals surface area contributed by atoms with Gasteiger partial charge in [-0.05, 0) is 31.2 Å². The lowest BCUT2D eigenvalue weighted by Gasteiger charge is -2.23. The molecule has 1 aliphatic heterocycles. The molecule has 1 atom stereocenters. The smallest absolute Gasteiger partial charge is 0.251 e. The Morgan fingerprint density at radius 3 is 2.83 bits per heavy atom. The molecule has 24 heavy (non-hydrogen) atoms. The third-order valence-corrected chi connectivity index (χ3v) is 3.74. The maximum Gasteiger partial charge on any atom is 0.251 e. The normalized spacial score (nSPS) is 17.5. The lowest BCUT2D eigenvalue weighted by atomic mass is 10.1. The van der Waals surface area contributed by atoms with Gasteiger partial charge in [0.05, 0.1) is 13.2 Å². The molecule has 0 aliphatic carbocycles. The summed E-state index contributed by atoms with van der Waals surface area (Å²) in [6.07, 6.45) is 0.370. The number of morpholine rings is 1. The highest BCUT2D eigenvalue weighted by atomic mass is 16.5. The molecule has 2 aromatic rings. The van der Waals surface area contributed by atoms with Gasteiger partial charge in [-0.2, -0.15) is 0 Å². The van der Waals surface area contributed by atoms with Gasteiger partial charge >= 0.3 is 0 Å². The summed E-state index contributed by atoms with van der Waals surface area (Å²) in [6.45, 7) is 3.79. The van der Waals surface area contributed by atoms with Crippen molar-refractivity contribution in [3.05, 3.63) is 46.4 Å². The maximum absolute atomic E-state index is 12.1. The number of hydrogen-bond donors (Lipinski definition) is 3. The summed E-state index contributed by atoms with van der Waals surface area (Å²) < 4.78 is 5.34. The number of nitrogens with zero attached hydrogens (tertiary/aromatic N) is 1. The Labute approximate surface area is 139 Å². The Bertz CT molecular complexity index is 764. The van der Waals surface area contributed by atoms with E-state index in [-0.39, 0.29) is 17.5 Å². The van der Waals surface area contributed by atoms with Crippen LogP contribution in [-0.4, -0.2) is 41.7 Å². The molecule has 1 aliphatic rings. The van der Waals surface area contributed by atoms with Crippen LogP contribution in [0.2, 0.25) is 0 Å². The van der Waals surface area contributed by atoms with Gasteiger partial charge in [-0.15, -0.1) is 0 Å². The predicted octanol–water partition coefficient (Wildman–Crippen LogP) is 1.06. The van der Waals surface area contributed by atoms with Gasteiger partial charge in [0.25, 0.3) is 5.56 Å². The molecular weight excluding hydrogens is 308 g/mol. The molecule has 1 fully saturated rings. The summed E-state index contributed by atoms with van der Waals surface area (Å²) in [5.74, 6) is 0.453. The SMILES string of the molecule is Cc1cc(=O)[nH]c(-c2ccc(NC(=O)CC3COCCN3)cc2)n1. The second kappa shape index (κ2) is 7.37. The summed E-state index contributed by atoms with van der Waals surface area (Å²) in [7, 11) is 0. The Morgan fingerprint density at radius 1 is 1.38 bits per heavy atom. The first-order valence-corrected chi connectivity index (χ1v) is 7.89. The van der Waals surface area contributed by atoms with Crippen LogP contribution in [0.3, 0.4) is 0 Å². The van der Waals surface area contributed by atoms with Crippen molar-refractivity contribution in [1.82, 2.24) is 15.3 Å². The second-order valence-electron chi connectivity index (χ2n) is 5.79. The van der Waals surface area contributed by atoms with Gasteiger partial charge in [0.2, 0.25) is 5.91 Å². The van der Waals surface area contributed by atoms with Crippen molar-refractivity contribution in [3.8, 4) is 11.4 Å². The number of aromatic amines is 1. The highest BCUT2D eigenvalue weighted by molar-refractivity contribution is 5.91. The Kier molecular flexibility index (Phi) is 5.02. The number of H-pyrrole nitrogens is 1. The standard InChI is InChI=1S/C17H20N4O3/c1-11-8-15(22)21-17(19-11)12-2-4-13(5-3-12)20-16(23)9-14-10-24-7-6-18-14/h2-5,8,14,18H,6-7,9-10H2,1H3,(H,20,23)(H,19,21,22). The topological polar surface area (TPSA) is 96.1 Å². The highest BCUT2D eigenvalue weighted by Crippen LogP contribution is 2.17. The molecule has 1 amide bonds. The van der Waals surface area contributed by atoms with Crippen LogP contribution in [-0.2, 0) is 9.53 Å². The first-order valence-electron chi connectivity index (χ1n) is 7.89. The zero-order valence-corrected chi connectivity index (χ0v) is 13.5. The quantitative estimate of drug-likeness (QED) is 0.780. The number of benzene rings is 1. The Hall–Kier alpha value is -2.51. The lowest BCUT2D eigenvalue weighted by Crippen LogP contribution is -2.43. The number of hydrogen-bond acceptors (Lipinski definition) is 5. The molecule has 126 valence electrons. The molecule has 3 N–H and O–H groups in total. The van der Waals surface area contributed by atoms with Gasteiger partial charge in [-0.25, -0.2) is 4.98 Å². The van der Waals surface area contributed by atoms with E-state index in [1.807, 2.05) is 12.1 Å². The van der Waals surface area contributed by atoms with Crippen LogP contribution in [0.5, 0.6) is 0 Å². The largest absolute Gasteiger partial charge is 0.378 e. The molecule has 1 aromatic heterocycles. The number of carbonyl (C=O) groups is 1. The minimum atomic E-state index is -0.183. The van der Waals surface area contributed by atoms with Gasteiger partial charge in [0.1, 0.15) is 5.82 Å². The molecular formula is C17H20N4O3. The monoisotopic (exact) mass is 328 g/mol. The summed E-state index contributed by atoms with van der Waals surface area (Å²) in [4.78, 5) is 30.6. The van der Waals surface area contributed by atoms with Gasteiger partial charge < -0.3 is 20.4 Å². The number of aryl methyl sites for hydroxylation is 1. The van der Waals surface area contributed by atoms with Crippen LogP contribution < -0.4 is 16.2 Å². The summed E-state index contributed by atoms with van der Waals surface area (Å²) >= 11 is 0. The summed E-state index contributed by atoms with van der Waals surface area (Å²) in [6, 6.07) is 8.71. The number of rotatable bonds is 4. The third kappa shape index (κ3) is 4.27. The van der Waals surface area contributed by atoms with Crippen LogP contribution in [0.15, 0.2) is 35.1 Å². The minimum Gasteiger partial charge on any atom is -0.378 e. The third-order valence-electron chi connectivity index (χ3n) is 3.74. The van der Waals surface area contributed by atoms with Crippen molar-refractivity contribution in [2.45, 2.75) is 19.4 Å². The Balaban J connectivity index is 1.63. The number of nitrogens with one attached hydrogen (secondary N) is 3. The van der Waals surface area contributed by atoms with Crippen molar-refractivity contribution >= 4 is 11.6 Å². The van der Waals surface area contributed by atoms with E-state index in [9.17, 15) is 9.59 Å². The van der Waals surface area contributed by atoms with E-state index in [0.29, 0.717) is 36.8 Å². The summed E-state index contributed by atoms with van der Waals surface area (Å²) in [5, 5.41) is 6.11. The first kappa shape index (κ1) is 16.4. The van der Waals surface area contributed by atoms with Crippen LogP contribution in [0.1, 0.15) is 12.1 Å². The zero-order valence-electron chi connectivity index (χ0n) is 13.5. The fourth-order valence-corrected chi connectivity index (χ4v) is 2.61. The molecule has 0 bridgehead atoms. The van der Waals surface area contributed by atoms with E-state index in [0.717, 1.165) is 12.1 Å². The van der Waals surface area contributed by atoms with Crippen molar-refractivity contribution in [2.75, 3.05) is 25.1 Å². The minimum absolute atomic E-state index is 0.0552. The number of anilines is 1. The Morgan fingerprint density at radius 2 is 2.17 bits per heavy atom. The average Bonchev–Trinajstić information content (AvgIpc) is 2.55. The van der Waals surface area contributed by atoms with Gasteiger partial charge in [-0.1, -0.05) is 0 Å². The van der Waals surface area contributed by atoms with Crippen molar-refractivity contribution in [1.29, 1.82) is 0 Å². The molecule has 3 rings (SSSR count). The van der Waals surface area contributed by atoms with Crippen molar-refractivity contribution < 1.29 is 9.53 Å². The molecule has 1 aromatic carbocycles. The zero-order chi connectivity index (χ0) is 16.9. The van der Waals surface area contributed by atoms with Crippen LogP contribution in [0.4, 0.5) is 5.69 Å². The maximum atomic E-state index is 12.1. The molecule has 0 saturated carbocycles. The number of carbonyl (C=O) groups excluding carboxylic acids is 1. The number of aromatic nitrogens is 2. The van der Waals surface area contributed by atoms with Gasteiger partial charge in [-0.3, -0.25) is 9.59 Å². The lowest BCUT2D eigenvalue weighted by molar-refractivity contribution is -0.117.